The van der Waals surface area contributed by atoms with Crippen LogP contribution in [0.1, 0.15) is 12.8 Å². The van der Waals surface area contributed by atoms with Crippen LogP contribution in [0.3, 0.4) is 0 Å². The van der Waals surface area contributed by atoms with Crippen LogP contribution in [0.15, 0.2) is 36.9 Å². The molecular weight excluding hydrogens is 308 g/mol. The van der Waals surface area contributed by atoms with Gasteiger partial charge < -0.3 is 15.5 Å². The zero-order valence-corrected chi connectivity index (χ0v) is 13.9. The Morgan fingerprint density at radius 2 is 2.13 bits per heavy atom. The van der Waals surface area contributed by atoms with E-state index in [-0.39, 0.29) is 6.03 Å². The van der Waals surface area contributed by atoms with E-state index in [2.05, 4.69) is 40.3 Å². The minimum atomic E-state index is -0.112. The molecule has 1 aliphatic heterocycles. The monoisotopic (exact) mass is 330 g/mol. The number of thiazole rings is 1. The van der Waals surface area contributed by atoms with Crippen molar-refractivity contribution < 1.29 is 4.79 Å². The molecule has 0 atom stereocenters. The Morgan fingerprint density at radius 1 is 1.35 bits per heavy atom. The first-order chi connectivity index (χ1) is 11.3. The normalized spacial score (nSPS) is 15.6. The highest BCUT2D eigenvalue weighted by Crippen LogP contribution is 2.31. The van der Waals surface area contributed by atoms with E-state index in [1.165, 1.54) is 4.70 Å². The molecule has 1 aromatic heterocycles. The summed E-state index contributed by atoms with van der Waals surface area (Å²) in [5.74, 6) is 0.537. The summed E-state index contributed by atoms with van der Waals surface area (Å²) < 4.78 is 1.24. The SMILES string of the molecule is C=CCNC(=O)NCC1CCN(c2nc3ccccc3s2)CC1. The van der Waals surface area contributed by atoms with Crippen molar-refractivity contribution in [3.63, 3.8) is 0 Å². The van der Waals surface area contributed by atoms with E-state index < -0.39 is 0 Å². The number of benzene rings is 1. The van der Waals surface area contributed by atoms with Gasteiger partial charge in [0.1, 0.15) is 0 Å². The highest BCUT2D eigenvalue weighted by Gasteiger charge is 2.21. The number of fused-ring (bicyclic) bond motifs is 1. The Labute approximate surface area is 140 Å². The minimum absolute atomic E-state index is 0.112. The van der Waals surface area contributed by atoms with Gasteiger partial charge in [0.05, 0.1) is 10.2 Å². The van der Waals surface area contributed by atoms with E-state index >= 15 is 0 Å². The lowest BCUT2D eigenvalue weighted by molar-refractivity contribution is 0.238. The molecule has 0 radical (unpaired) electrons. The second kappa shape index (κ2) is 7.46. The number of para-hydroxylation sites is 1. The molecule has 1 aliphatic rings. The van der Waals surface area contributed by atoms with Crippen molar-refractivity contribution in [1.29, 1.82) is 0 Å². The molecule has 6 heteroatoms. The van der Waals surface area contributed by atoms with Crippen LogP contribution in [0.25, 0.3) is 10.2 Å². The Balaban J connectivity index is 1.48. The van der Waals surface area contributed by atoms with Crippen molar-refractivity contribution in [2.24, 2.45) is 5.92 Å². The molecule has 0 saturated carbocycles. The average molecular weight is 330 g/mol. The number of hydrogen-bond acceptors (Lipinski definition) is 4. The average Bonchev–Trinajstić information content (AvgIpc) is 3.02. The fourth-order valence-electron chi connectivity index (χ4n) is 2.79. The van der Waals surface area contributed by atoms with Crippen LogP contribution in [-0.4, -0.2) is 37.2 Å². The fourth-order valence-corrected chi connectivity index (χ4v) is 3.81. The number of aromatic nitrogens is 1. The Kier molecular flexibility index (Phi) is 5.12. The molecule has 1 fully saturated rings. The number of carbonyl (C=O) groups excluding carboxylic acids is 1. The smallest absolute Gasteiger partial charge is 0.315 e. The number of anilines is 1. The predicted octanol–water partition coefficient (Wildman–Crippen LogP) is 3.00. The highest BCUT2D eigenvalue weighted by atomic mass is 32.1. The van der Waals surface area contributed by atoms with Crippen LogP contribution in [0.5, 0.6) is 0 Å². The van der Waals surface area contributed by atoms with Gasteiger partial charge >= 0.3 is 6.03 Å². The molecule has 0 bridgehead atoms. The second-order valence-electron chi connectivity index (χ2n) is 5.77. The molecule has 2 N–H and O–H groups in total. The summed E-state index contributed by atoms with van der Waals surface area (Å²) in [6.45, 7) is 6.82. The maximum atomic E-state index is 11.5. The van der Waals surface area contributed by atoms with Crippen LogP contribution in [0.4, 0.5) is 9.93 Å². The summed E-state index contributed by atoms with van der Waals surface area (Å²) in [4.78, 5) is 18.6. The summed E-state index contributed by atoms with van der Waals surface area (Å²) in [6.07, 6.45) is 3.84. The van der Waals surface area contributed by atoms with E-state index in [0.29, 0.717) is 12.5 Å². The van der Waals surface area contributed by atoms with Crippen molar-refractivity contribution in [3.8, 4) is 0 Å². The first-order valence-corrected chi connectivity index (χ1v) is 8.81. The van der Waals surface area contributed by atoms with Crippen molar-refractivity contribution in [3.05, 3.63) is 36.9 Å². The van der Waals surface area contributed by atoms with Crippen LogP contribution in [0, 0.1) is 5.92 Å². The lowest BCUT2D eigenvalue weighted by atomic mass is 9.97. The standard InChI is InChI=1S/C17H22N4OS/c1-2-9-18-16(22)19-12-13-7-10-21(11-8-13)17-20-14-5-3-4-6-15(14)23-17/h2-6,13H,1,7-12H2,(H2,18,19,22). The van der Waals surface area contributed by atoms with E-state index in [4.69, 9.17) is 4.98 Å². The maximum Gasteiger partial charge on any atom is 0.315 e. The molecule has 122 valence electrons. The van der Waals surface area contributed by atoms with Gasteiger partial charge in [-0.05, 0) is 30.9 Å². The number of rotatable bonds is 5. The van der Waals surface area contributed by atoms with Gasteiger partial charge in [-0.2, -0.15) is 0 Å². The number of piperidine rings is 1. The van der Waals surface area contributed by atoms with Crippen molar-refractivity contribution in [2.75, 3.05) is 31.1 Å². The lowest BCUT2D eigenvalue weighted by Crippen LogP contribution is -2.42. The molecular formula is C17H22N4OS. The van der Waals surface area contributed by atoms with Crippen molar-refractivity contribution in [2.45, 2.75) is 12.8 Å². The Hall–Kier alpha value is -2.08. The summed E-state index contributed by atoms with van der Waals surface area (Å²) >= 11 is 1.76. The number of hydrogen-bond donors (Lipinski definition) is 2. The van der Waals surface area contributed by atoms with Gasteiger partial charge in [0.2, 0.25) is 0 Å². The minimum Gasteiger partial charge on any atom is -0.348 e. The molecule has 2 heterocycles. The topological polar surface area (TPSA) is 57.3 Å². The van der Waals surface area contributed by atoms with E-state index in [1.807, 2.05) is 6.07 Å². The van der Waals surface area contributed by atoms with E-state index in [1.54, 1.807) is 17.4 Å². The van der Waals surface area contributed by atoms with Crippen molar-refractivity contribution in [1.82, 2.24) is 15.6 Å². The van der Waals surface area contributed by atoms with Crippen LogP contribution in [-0.2, 0) is 0 Å². The molecule has 0 spiro atoms. The van der Waals surface area contributed by atoms with Gasteiger partial charge in [-0.25, -0.2) is 9.78 Å². The maximum absolute atomic E-state index is 11.5. The van der Waals surface area contributed by atoms with Gasteiger partial charge in [0.15, 0.2) is 5.13 Å². The predicted molar refractivity (Wildman–Crippen MR) is 96.2 cm³/mol. The largest absolute Gasteiger partial charge is 0.348 e. The summed E-state index contributed by atoms with van der Waals surface area (Å²) in [6, 6.07) is 8.16. The highest BCUT2D eigenvalue weighted by molar-refractivity contribution is 7.22. The second-order valence-corrected chi connectivity index (χ2v) is 6.78. The quantitative estimate of drug-likeness (QED) is 0.829. The number of amides is 2. The lowest BCUT2D eigenvalue weighted by Gasteiger charge is -2.31. The summed E-state index contributed by atoms with van der Waals surface area (Å²) in [7, 11) is 0. The number of nitrogens with zero attached hydrogens (tertiary/aromatic N) is 2. The molecule has 2 aromatic rings. The van der Waals surface area contributed by atoms with Gasteiger partial charge in [0.25, 0.3) is 0 Å². The molecule has 1 saturated heterocycles. The zero-order chi connectivity index (χ0) is 16.1. The van der Waals surface area contributed by atoms with E-state index in [9.17, 15) is 4.79 Å². The molecule has 5 nitrogen and oxygen atoms in total. The summed E-state index contributed by atoms with van der Waals surface area (Å²) in [5.41, 5.74) is 1.08. The van der Waals surface area contributed by atoms with Gasteiger partial charge in [-0.15, -0.1) is 6.58 Å². The Bertz CT molecular complexity index is 643. The van der Waals surface area contributed by atoms with Crippen LogP contribution >= 0.6 is 11.3 Å². The third-order valence-corrected chi connectivity index (χ3v) is 5.22. The fraction of sp³-hybridized carbons (Fsp3) is 0.412. The summed E-state index contributed by atoms with van der Waals surface area (Å²) in [5, 5.41) is 6.78. The molecule has 0 unspecified atom stereocenters. The molecule has 2 amide bonds. The molecule has 23 heavy (non-hydrogen) atoms. The van der Waals surface area contributed by atoms with Crippen LogP contribution < -0.4 is 15.5 Å². The van der Waals surface area contributed by atoms with E-state index in [0.717, 1.165) is 43.1 Å². The Morgan fingerprint density at radius 3 is 2.87 bits per heavy atom. The third-order valence-electron chi connectivity index (χ3n) is 4.13. The first kappa shape index (κ1) is 15.8. The molecule has 0 aliphatic carbocycles. The zero-order valence-electron chi connectivity index (χ0n) is 13.1. The number of urea groups is 1. The first-order valence-electron chi connectivity index (χ1n) is 7.99. The number of carbonyl (C=O) groups is 1. The van der Waals surface area contributed by atoms with Gasteiger partial charge in [-0.3, -0.25) is 0 Å². The molecule has 1 aromatic carbocycles. The number of nitrogens with one attached hydrogen (secondary N) is 2. The van der Waals surface area contributed by atoms with Crippen molar-refractivity contribution >= 4 is 32.7 Å². The van der Waals surface area contributed by atoms with Gasteiger partial charge in [0, 0.05) is 26.2 Å². The molecule has 3 rings (SSSR count). The van der Waals surface area contributed by atoms with Crippen LogP contribution in [0.2, 0.25) is 0 Å². The third kappa shape index (κ3) is 4.01. The van der Waals surface area contributed by atoms with Gasteiger partial charge in [-0.1, -0.05) is 29.5 Å².